The zero-order chi connectivity index (χ0) is 13.8. The second-order valence-corrected chi connectivity index (χ2v) is 5.91. The van der Waals surface area contributed by atoms with Gasteiger partial charge in [-0.2, -0.15) is 0 Å². The van der Waals surface area contributed by atoms with Crippen molar-refractivity contribution >= 4 is 21.6 Å². The summed E-state index contributed by atoms with van der Waals surface area (Å²) >= 11 is 3.35. The van der Waals surface area contributed by atoms with Gasteiger partial charge in [0.05, 0.1) is 18.4 Å². The molecule has 1 heterocycles. The van der Waals surface area contributed by atoms with Crippen molar-refractivity contribution < 1.29 is 9.13 Å². The number of benzene rings is 1. The van der Waals surface area contributed by atoms with E-state index in [1.54, 1.807) is 6.07 Å². The Balaban J connectivity index is 1.92. The van der Waals surface area contributed by atoms with Crippen LogP contribution >= 0.6 is 15.9 Å². The molecule has 106 valence electrons. The molecular formula is C14H20BrFN2O. The van der Waals surface area contributed by atoms with E-state index < -0.39 is 0 Å². The lowest BCUT2D eigenvalue weighted by Gasteiger charge is -2.35. The summed E-state index contributed by atoms with van der Waals surface area (Å²) in [4.78, 5) is 2.38. The first-order valence-electron chi connectivity index (χ1n) is 6.61. The maximum Gasteiger partial charge on any atom is 0.147 e. The van der Waals surface area contributed by atoms with E-state index >= 15 is 0 Å². The molecule has 1 aliphatic rings. The number of para-hydroxylation sites is 1. The van der Waals surface area contributed by atoms with Gasteiger partial charge < -0.3 is 10.1 Å². The van der Waals surface area contributed by atoms with Gasteiger partial charge in [-0.15, -0.1) is 0 Å². The summed E-state index contributed by atoms with van der Waals surface area (Å²) < 4.78 is 20.1. The van der Waals surface area contributed by atoms with Crippen LogP contribution in [0.2, 0.25) is 0 Å². The van der Waals surface area contributed by atoms with E-state index in [1.165, 1.54) is 6.07 Å². The monoisotopic (exact) mass is 330 g/mol. The highest BCUT2D eigenvalue weighted by Crippen LogP contribution is 2.25. The minimum atomic E-state index is -0.245. The van der Waals surface area contributed by atoms with Crippen LogP contribution in [0.1, 0.15) is 13.8 Å². The smallest absolute Gasteiger partial charge is 0.147 e. The molecule has 0 amide bonds. The average molecular weight is 331 g/mol. The highest BCUT2D eigenvalue weighted by molar-refractivity contribution is 9.10. The first-order chi connectivity index (χ1) is 9.08. The standard InChI is InChI=1S/C14H20BrFN2O/c1-10(2)18-6-7-19-11(9-18)8-17-14-12(15)4-3-5-13(14)16/h3-5,10-11,17H,6-9H2,1-2H3. The van der Waals surface area contributed by atoms with Gasteiger partial charge >= 0.3 is 0 Å². The van der Waals surface area contributed by atoms with Crippen molar-refractivity contribution in [1.29, 1.82) is 0 Å². The molecule has 1 aromatic rings. The number of hydrogen-bond acceptors (Lipinski definition) is 3. The first kappa shape index (κ1) is 14.8. The van der Waals surface area contributed by atoms with Crippen molar-refractivity contribution in [2.24, 2.45) is 0 Å². The van der Waals surface area contributed by atoms with E-state index in [2.05, 4.69) is 40.0 Å². The molecule has 0 radical (unpaired) electrons. The van der Waals surface area contributed by atoms with Gasteiger partial charge in [-0.05, 0) is 41.9 Å². The number of nitrogens with one attached hydrogen (secondary N) is 1. The molecular weight excluding hydrogens is 311 g/mol. The molecule has 1 saturated heterocycles. The summed E-state index contributed by atoms with van der Waals surface area (Å²) in [6, 6.07) is 5.48. The van der Waals surface area contributed by atoms with Crippen LogP contribution < -0.4 is 5.32 Å². The molecule has 0 saturated carbocycles. The summed E-state index contributed by atoms with van der Waals surface area (Å²) in [6.07, 6.45) is 0.0997. The van der Waals surface area contributed by atoms with Gasteiger partial charge in [0, 0.05) is 30.1 Å². The largest absolute Gasteiger partial charge is 0.379 e. The third kappa shape index (κ3) is 3.91. The molecule has 1 unspecified atom stereocenters. The maximum absolute atomic E-state index is 13.7. The van der Waals surface area contributed by atoms with E-state index in [1.807, 2.05) is 6.07 Å². The first-order valence-corrected chi connectivity index (χ1v) is 7.40. The zero-order valence-electron chi connectivity index (χ0n) is 11.3. The van der Waals surface area contributed by atoms with Crippen LogP contribution in [-0.4, -0.2) is 43.3 Å². The van der Waals surface area contributed by atoms with Gasteiger partial charge in [0.2, 0.25) is 0 Å². The third-order valence-corrected chi connectivity index (χ3v) is 4.03. The molecule has 19 heavy (non-hydrogen) atoms. The van der Waals surface area contributed by atoms with Crippen LogP contribution in [0.25, 0.3) is 0 Å². The van der Waals surface area contributed by atoms with Gasteiger partial charge in [0.25, 0.3) is 0 Å². The van der Waals surface area contributed by atoms with Crippen LogP contribution in [-0.2, 0) is 4.74 Å². The van der Waals surface area contributed by atoms with Crippen molar-refractivity contribution in [2.45, 2.75) is 26.0 Å². The van der Waals surface area contributed by atoms with Crippen molar-refractivity contribution in [3.63, 3.8) is 0 Å². The zero-order valence-corrected chi connectivity index (χ0v) is 12.9. The quantitative estimate of drug-likeness (QED) is 0.918. The SMILES string of the molecule is CC(C)N1CCOC(CNc2c(F)cccc2Br)C1. The van der Waals surface area contributed by atoms with E-state index in [0.717, 1.165) is 24.2 Å². The lowest BCUT2D eigenvalue weighted by Crippen LogP contribution is -2.48. The molecule has 1 atom stereocenters. The maximum atomic E-state index is 13.7. The minimum absolute atomic E-state index is 0.0997. The summed E-state index contributed by atoms with van der Waals surface area (Å²) in [5, 5.41) is 3.14. The third-order valence-electron chi connectivity index (χ3n) is 3.37. The van der Waals surface area contributed by atoms with E-state index in [4.69, 9.17) is 4.74 Å². The average Bonchev–Trinajstić information content (AvgIpc) is 2.38. The molecule has 0 aromatic heterocycles. The fraction of sp³-hybridized carbons (Fsp3) is 0.571. The van der Waals surface area contributed by atoms with Gasteiger partial charge in [-0.3, -0.25) is 4.90 Å². The van der Waals surface area contributed by atoms with E-state index in [-0.39, 0.29) is 11.9 Å². The topological polar surface area (TPSA) is 24.5 Å². The molecule has 2 rings (SSSR count). The molecule has 0 aliphatic carbocycles. The Kier molecular flexibility index (Phi) is 5.19. The molecule has 0 bridgehead atoms. The molecule has 1 fully saturated rings. The number of anilines is 1. The predicted molar refractivity (Wildman–Crippen MR) is 79.0 cm³/mol. The number of hydrogen-bond donors (Lipinski definition) is 1. The molecule has 1 aromatic carbocycles. The Bertz CT molecular complexity index is 408. The number of morpholine rings is 1. The summed E-state index contributed by atoms with van der Waals surface area (Å²) in [6.45, 7) is 7.58. The number of rotatable bonds is 4. The van der Waals surface area contributed by atoms with Gasteiger partial charge in [-0.25, -0.2) is 4.39 Å². The molecule has 5 heteroatoms. The van der Waals surface area contributed by atoms with Crippen LogP contribution in [0.5, 0.6) is 0 Å². The Morgan fingerprint density at radius 3 is 3.00 bits per heavy atom. The van der Waals surface area contributed by atoms with E-state index in [9.17, 15) is 4.39 Å². The second kappa shape index (κ2) is 6.68. The van der Waals surface area contributed by atoms with Gasteiger partial charge in [0.15, 0.2) is 0 Å². The van der Waals surface area contributed by atoms with Crippen LogP contribution in [0, 0.1) is 5.82 Å². The summed E-state index contributed by atoms with van der Waals surface area (Å²) in [5.74, 6) is -0.245. The van der Waals surface area contributed by atoms with Crippen molar-refractivity contribution in [1.82, 2.24) is 4.90 Å². The minimum Gasteiger partial charge on any atom is -0.379 e. The number of ether oxygens (including phenoxy) is 1. The van der Waals surface area contributed by atoms with Crippen molar-refractivity contribution in [2.75, 3.05) is 31.6 Å². The van der Waals surface area contributed by atoms with Crippen LogP contribution in [0.15, 0.2) is 22.7 Å². The van der Waals surface area contributed by atoms with Crippen molar-refractivity contribution in [3.8, 4) is 0 Å². The highest BCUT2D eigenvalue weighted by atomic mass is 79.9. The Morgan fingerprint density at radius 1 is 1.53 bits per heavy atom. The Morgan fingerprint density at radius 2 is 2.32 bits per heavy atom. The fourth-order valence-corrected chi connectivity index (χ4v) is 2.70. The summed E-state index contributed by atoms with van der Waals surface area (Å²) in [5.41, 5.74) is 0.507. The van der Waals surface area contributed by atoms with Crippen LogP contribution in [0.4, 0.5) is 10.1 Å². The molecule has 1 N–H and O–H groups in total. The molecule has 1 aliphatic heterocycles. The molecule has 0 spiro atoms. The number of nitrogens with zero attached hydrogens (tertiary/aromatic N) is 1. The normalized spacial score (nSPS) is 20.8. The van der Waals surface area contributed by atoms with Crippen molar-refractivity contribution in [3.05, 3.63) is 28.5 Å². The van der Waals surface area contributed by atoms with Crippen LogP contribution in [0.3, 0.4) is 0 Å². The van der Waals surface area contributed by atoms with E-state index in [0.29, 0.717) is 18.3 Å². The number of halogens is 2. The van der Waals surface area contributed by atoms with Gasteiger partial charge in [-0.1, -0.05) is 6.07 Å². The highest BCUT2D eigenvalue weighted by Gasteiger charge is 2.22. The predicted octanol–water partition coefficient (Wildman–Crippen LogP) is 3.11. The Hall–Kier alpha value is -0.650. The molecule has 3 nitrogen and oxygen atoms in total. The van der Waals surface area contributed by atoms with Gasteiger partial charge in [0.1, 0.15) is 5.82 Å². The fourth-order valence-electron chi connectivity index (χ4n) is 2.22. The summed E-state index contributed by atoms with van der Waals surface area (Å²) in [7, 11) is 0. The Labute approximate surface area is 122 Å². The lowest BCUT2D eigenvalue weighted by molar-refractivity contribution is -0.0315. The lowest BCUT2D eigenvalue weighted by atomic mass is 10.2. The second-order valence-electron chi connectivity index (χ2n) is 5.06.